The second-order valence-corrected chi connectivity index (χ2v) is 7.46. The quantitative estimate of drug-likeness (QED) is 0.910. The van der Waals surface area contributed by atoms with Gasteiger partial charge < -0.3 is 15.0 Å². The van der Waals surface area contributed by atoms with Crippen LogP contribution in [-0.2, 0) is 0 Å². The number of pyridine rings is 1. The molecule has 6 heteroatoms. The largest absolute Gasteiger partial charge is 0.416 e. The molecule has 3 aliphatic rings. The maximum atomic E-state index is 12.8. The third kappa shape index (κ3) is 3.80. The van der Waals surface area contributed by atoms with Crippen molar-refractivity contribution >= 4 is 6.09 Å². The number of nitrogens with zero attached hydrogens (tertiary/aromatic N) is 3. The third-order valence-corrected chi connectivity index (χ3v) is 6.03. The lowest BCUT2D eigenvalue weighted by Crippen LogP contribution is -2.62. The number of rotatable bonds is 3. The van der Waals surface area contributed by atoms with Crippen LogP contribution in [0.25, 0.3) is 0 Å². The highest BCUT2D eigenvalue weighted by Crippen LogP contribution is 2.31. The molecule has 1 aliphatic carbocycles. The van der Waals surface area contributed by atoms with Gasteiger partial charge in [0.15, 0.2) is 0 Å². The van der Waals surface area contributed by atoms with Gasteiger partial charge in [-0.1, -0.05) is 12.5 Å². The van der Waals surface area contributed by atoms with Crippen molar-refractivity contribution in [3.8, 4) is 5.88 Å². The van der Waals surface area contributed by atoms with E-state index in [1.807, 2.05) is 17.0 Å². The van der Waals surface area contributed by atoms with Gasteiger partial charge in [0.1, 0.15) is 0 Å². The van der Waals surface area contributed by atoms with E-state index in [0.717, 1.165) is 51.6 Å². The van der Waals surface area contributed by atoms with E-state index in [1.165, 1.54) is 19.3 Å². The molecule has 0 bridgehead atoms. The summed E-state index contributed by atoms with van der Waals surface area (Å²) >= 11 is 0. The molecule has 2 aliphatic heterocycles. The third-order valence-electron chi connectivity index (χ3n) is 6.03. The summed E-state index contributed by atoms with van der Waals surface area (Å²) in [7, 11) is 0. The molecular weight excluding hydrogens is 316 g/mol. The molecule has 1 aromatic rings. The number of nitrogens with one attached hydrogen (secondary N) is 1. The average Bonchev–Trinajstić information content (AvgIpc) is 2.62. The lowest BCUT2D eigenvalue weighted by Gasteiger charge is -2.49. The Morgan fingerprint density at radius 2 is 2.00 bits per heavy atom. The predicted molar refractivity (Wildman–Crippen MR) is 95.6 cm³/mol. The zero-order valence-corrected chi connectivity index (χ0v) is 14.8. The minimum absolute atomic E-state index is 0.240. The van der Waals surface area contributed by atoms with E-state index in [2.05, 4.69) is 15.2 Å². The van der Waals surface area contributed by atoms with Crippen molar-refractivity contribution in [1.29, 1.82) is 0 Å². The Labute approximate surface area is 149 Å². The van der Waals surface area contributed by atoms with Crippen LogP contribution >= 0.6 is 0 Å². The molecule has 0 aromatic carbocycles. The molecule has 25 heavy (non-hydrogen) atoms. The Morgan fingerprint density at radius 1 is 1.16 bits per heavy atom. The van der Waals surface area contributed by atoms with E-state index >= 15 is 0 Å². The highest BCUT2D eigenvalue weighted by Gasteiger charge is 2.40. The first kappa shape index (κ1) is 16.8. The van der Waals surface area contributed by atoms with E-state index in [9.17, 15) is 4.79 Å². The number of aromatic nitrogens is 1. The number of amides is 1. The monoisotopic (exact) mass is 344 g/mol. The minimum atomic E-state index is -0.240. The normalized spacial score (nSPS) is 26.2. The lowest BCUT2D eigenvalue weighted by molar-refractivity contribution is 0.00447. The maximum absolute atomic E-state index is 12.8. The van der Waals surface area contributed by atoms with Crippen LogP contribution in [0.5, 0.6) is 5.88 Å². The number of hydrogen-bond donors (Lipinski definition) is 1. The fraction of sp³-hybridized carbons (Fsp3) is 0.684. The first-order valence-corrected chi connectivity index (χ1v) is 9.65. The number of carbonyl (C=O) groups is 1. The topological polar surface area (TPSA) is 57.7 Å². The van der Waals surface area contributed by atoms with E-state index in [-0.39, 0.29) is 12.1 Å². The molecule has 3 heterocycles. The molecule has 1 unspecified atom stereocenters. The standard InChI is InChI=1S/C19H28N4O2/c24-19(25-18-6-1-2-9-21-18)23-13-12-22(16-4-3-5-16)14-17(23)15-7-10-20-11-8-15/h1-2,6,9,15-17,20H,3-5,7-8,10-14H2. The number of hydrogen-bond acceptors (Lipinski definition) is 5. The summed E-state index contributed by atoms with van der Waals surface area (Å²) in [6.45, 7) is 4.81. The van der Waals surface area contributed by atoms with Crippen molar-refractivity contribution in [2.24, 2.45) is 5.92 Å². The summed E-state index contributed by atoms with van der Waals surface area (Å²) in [6, 6.07) is 6.40. The highest BCUT2D eigenvalue weighted by atomic mass is 16.6. The Kier molecular flexibility index (Phi) is 5.17. The molecule has 3 fully saturated rings. The van der Waals surface area contributed by atoms with E-state index in [4.69, 9.17) is 4.74 Å². The molecule has 6 nitrogen and oxygen atoms in total. The van der Waals surface area contributed by atoms with Crippen LogP contribution in [0.3, 0.4) is 0 Å². The molecule has 1 atom stereocenters. The van der Waals surface area contributed by atoms with Crippen molar-refractivity contribution in [3.05, 3.63) is 24.4 Å². The second-order valence-electron chi connectivity index (χ2n) is 7.46. The molecule has 4 rings (SSSR count). The Bertz CT molecular complexity index is 572. The molecular formula is C19H28N4O2. The van der Waals surface area contributed by atoms with Gasteiger partial charge in [0, 0.05) is 37.9 Å². The SMILES string of the molecule is O=C(Oc1ccccn1)N1CCN(C2CCC2)CC1C1CCNCC1. The smallest absolute Gasteiger partial charge is 0.391 e. The van der Waals surface area contributed by atoms with Gasteiger partial charge in [0.05, 0.1) is 6.04 Å². The molecule has 1 amide bonds. The number of piperidine rings is 1. The van der Waals surface area contributed by atoms with Gasteiger partial charge in [-0.25, -0.2) is 9.78 Å². The van der Waals surface area contributed by atoms with Crippen LogP contribution in [-0.4, -0.2) is 65.7 Å². The van der Waals surface area contributed by atoms with Crippen molar-refractivity contribution in [1.82, 2.24) is 20.1 Å². The van der Waals surface area contributed by atoms with Crippen LogP contribution in [0.1, 0.15) is 32.1 Å². The second kappa shape index (κ2) is 7.70. The van der Waals surface area contributed by atoms with Gasteiger partial charge in [-0.2, -0.15) is 0 Å². The van der Waals surface area contributed by atoms with Crippen molar-refractivity contribution in [2.45, 2.75) is 44.2 Å². The first-order valence-electron chi connectivity index (χ1n) is 9.65. The number of piperazine rings is 1. The van der Waals surface area contributed by atoms with E-state index in [1.54, 1.807) is 12.3 Å². The predicted octanol–water partition coefficient (Wildman–Crippen LogP) is 2.12. The Hall–Kier alpha value is -1.66. The molecule has 1 saturated carbocycles. The summed E-state index contributed by atoms with van der Waals surface area (Å²) in [5, 5.41) is 3.44. The Balaban J connectivity index is 1.46. The summed E-state index contributed by atoms with van der Waals surface area (Å²) in [6.07, 6.45) is 7.67. The zero-order chi connectivity index (χ0) is 17.1. The molecule has 1 N–H and O–H groups in total. The van der Waals surface area contributed by atoms with Crippen LogP contribution < -0.4 is 10.1 Å². The van der Waals surface area contributed by atoms with Crippen LogP contribution in [0.2, 0.25) is 0 Å². The summed E-state index contributed by atoms with van der Waals surface area (Å²) in [4.78, 5) is 21.5. The summed E-state index contributed by atoms with van der Waals surface area (Å²) in [5.74, 6) is 0.943. The van der Waals surface area contributed by atoms with E-state index in [0.29, 0.717) is 11.8 Å². The molecule has 2 saturated heterocycles. The van der Waals surface area contributed by atoms with Gasteiger partial charge in [0.25, 0.3) is 0 Å². The van der Waals surface area contributed by atoms with Gasteiger partial charge >= 0.3 is 6.09 Å². The maximum Gasteiger partial charge on any atom is 0.416 e. The van der Waals surface area contributed by atoms with Crippen LogP contribution in [0.15, 0.2) is 24.4 Å². The van der Waals surface area contributed by atoms with Crippen molar-refractivity contribution in [3.63, 3.8) is 0 Å². The van der Waals surface area contributed by atoms with Crippen LogP contribution in [0, 0.1) is 5.92 Å². The van der Waals surface area contributed by atoms with Gasteiger partial charge in [-0.05, 0) is 50.8 Å². The van der Waals surface area contributed by atoms with Crippen molar-refractivity contribution < 1.29 is 9.53 Å². The van der Waals surface area contributed by atoms with Crippen LogP contribution in [0.4, 0.5) is 4.79 Å². The first-order chi connectivity index (χ1) is 12.3. The Morgan fingerprint density at radius 3 is 2.68 bits per heavy atom. The van der Waals surface area contributed by atoms with E-state index < -0.39 is 0 Å². The van der Waals surface area contributed by atoms with Crippen molar-refractivity contribution in [2.75, 3.05) is 32.7 Å². The van der Waals surface area contributed by atoms with Gasteiger partial charge in [0.2, 0.25) is 5.88 Å². The summed E-state index contributed by atoms with van der Waals surface area (Å²) in [5.41, 5.74) is 0. The fourth-order valence-electron chi connectivity index (χ4n) is 4.33. The average molecular weight is 344 g/mol. The lowest BCUT2D eigenvalue weighted by atomic mass is 9.85. The molecule has 136 valence electrons. The molecule has 0 spiro atoms. The fourth-order valence-corrected chi connectivity index (χ4v) is 4.33. The number of ether oxygens (including phenoxy) is 1. The molecule has 0 radical (unpaired) electrons. The zero-order valence-electron chi connectivity index (χ0n) is 14.8. The van der Waals surface area contributed by atoms with Gasteiger partial charge in [-0.3, -0.25) is 4.90 Å². The van der Waals surface area contributed by atoms with Gasteiger partial charge in [-0.15, -0.1) is 0 Å². The molecule has 1 aromatic heterocycles. The highest BCUT2D eigenvalue weighted by molar-refractivity contribution is 5.70. The number of carbonyl (C=O) groups excluding carboxylic acids is 1. The minimum Gasteiger partial charge on any atom is -0.391 e. The summed E-state index contributed by atoms with van der Waals surface area (Å²) < 4.78 is 5.55.